The third-order valence-electron chi connectivity index (χ3n) is 5.90. The second-order valence-electron chi connectivity index (χ2n) is 7.86. The number of methoxy groups -OCH3 is 1. The summed E-state index contributed by atoms with van der Waals surface area (Å²) in [5.74, 6) is 0.0555. The molecule has 0 saturated heterocycles. The first-order valence-corrected chi connectivity index (χ1v) is 11.7. The monoisotopic (exact) mass is 447 g/mol. The normalized spacial score (nSPS) is 14.7. The summed E-state index contributed by atoms with van der Waals surface area (Å²) in [4.78, 5) is 19.3. The van der Waals surface area contributed by atoms with Gasteiger partial charge >= 0.3 is 0 Å². The molecule has 5 rings (SSSR count). The molecule has 2 N–H and O–H groups in total. The van der Waals surface area contributed by atoms with Gasteiger partial charge in [-0.15, -0.1) is 0 Å². The third-order valence-corrected chi connectivity index (χ3v) is 6.84. The van der Waals surface area contributed by atoms with Gasteiger partial charge in [0, 0.05) is 36.0 Å². The molecule has 0 unspecified atom stereocenters. The maximum Gasteiger partial charge on any atom is 0.254 e. The molecule has 1 aromatic heterocycles. The molecule has 7 nitrogen and oxygen atoms in total. The molecule has 32 heavy (non-hydrogen) atoms. The van der Waals surface area contributed by atoms with E-state index < -0.39 is 10.0 Å². The van der Waals surface area contributed by atoms with E-state index in [1.165, 1.54) is 13.2 Å². The smallest absolute Gasteiger partial charge is 0.254 e. The van der Waals surface area contributed by atoms with Crippen molar-refractivity contribution in [3.63, 3.8) is 0 Å². The highest BCUT2D eigenvalue weighted by Crippen LogP contribution is 2.38. The molecular weight excluding hydrogens is 426 g/mol. The Balaban J connectivity index is 1.47. The lowest BCUT2D eigenvalue weighted by Crippen LogP contribution is -2.30. The number of fused-ring (bicyclic) bond motifs is 2. The number of anilines is 1. The SMILES string of the molecule is COc1cc2c(cc1S(N)(=O)=O)N(C(=O)C1=Cc3cc(-c4ccccn4)ccc3C1)CC2. The Morgan fingerprint density at radius 3 is 2.69 bits per heavy atom. The minimum atomic E-state index is -3.99. The van der Waals surface area contributed by atoms with Gasteiger partial charge in [-0.25, -0.2) is 13.6 Å². The van der Waals surface area contributed by atoms with Crippen LogP contribution in [0.15, 0.2) is 65.2 Å². The van der Waals surface area contributed by atoms with Gasteiger partial charge in [0.05, 0.1) is 12.8 Å². The van der Waals surface area contributed by atoms with Crippen molar-refractivity contribution < 1.29 is 17.9 Å². The van der Waals surface area contributed by atoms with Gasteiger partial charge in [-0.2, -0.15) is 0 Å². The van der Waals surface area contributed by atoms with Crippen LogP contribution in [0.1, 0.15) is 16.7 Å². The van der Waals surface area contributed by atoms with Crippen molar-refractivity contribution >= 4 is 27.7 Å². The number of ether oxygens (including phenoxy) is 1. The number of carbonyl (C=O) groups excluding carboxylic acids is 1. The Morgan fingerprint density at radius 1 is 1.12 bits per heavy atom. The first-order valence-electron chi connectivity index (χ1n) is 10.2. The quantitative estimate of drug-likeness (QED) is 0.662. The van der Waals surface area contributed by atoms with Crippen LogP contribution in [0.3, 0.4) is 0 Å². The van der Waals surface area contributed by atoms with E-state index >= 15 is 0 Å². The molecule has 2 heterocycles. The number of nitrogens with zero attached hydrogens (tertiary/aromatic N) is 2. The number of pyridine rings is 1. The van der Waals surface area contributed by atoms with Crippen LogP contribution < -0.4 is 14.8 Å². The Morgan fingerprint density at radius 2 is 1.97 bits per heavy atom. The van der Waals surface area contributed by atoms with Crippen molar-refractivity contribution in [1.82, 2.24) is 4.98 Å². The first kappa shape index (κ1) is 20.4. The molecule has 0 bridgehead atoms. The predicted octanol–water partition coefficient (Wildman–Crippen LogP) is 2.93. The van der Waals surface area contributed by atoms with Crippen molar-refractivity contribution in [2.45, 2.75) is 17.7 Å². The Labute approximate surface area is 186 Å². The maximum atomic E-state index is 13.4. The number of primary sulfonamides is 1. The molecule has 0 radical (unpaired) electrons. The summed E-state index contributed by atoms with van der Waals surface area (Å²) < 4.78 is 29.2. The van der Waals surface area contributed by atoms with Crippen LogP contribution in [-0.4, -0.2) is 33.0 Å². The van der Waals surface area contributed by atoms with Gasteiger partial charge in [0.15, 0.2) is 0 Å². The standard InChI is InChI=1S/C24H21N3O4S/c1-31-22-13-17-7-9-27(21(17)14-23(22)32(25,29)30)24(28)19-10-15-5-6-16(11-18(15)12-19)20-4-2-3-8-26-20/h2-6,8,11-14H,7,9-10H2,1H3,(H2,25,29,30). The molecule has 2 aromatic carbocycles. The molecule has 0 fully saturated rings. The molecule has 2 aliphatic rings. The van der Waals surface area contributed by atoms with Crippen LogP contribution in [0.5, 0.6) is 5.75 Å². The maximum absolute atomic E-state index is 13.4. The molecule has 8 heteroatoms. The summed E-state index contributed by atoms with van der Waals surface area (Å²) in [6.45, 7) is 0.470. The molecule has 1 aliphatic carbocycles. The number of rotatable bonds is 4. The van der Waals surface area contributed by atoms with E-state index in [4.69, 9.17) is 9.88 Å². The zero-order valence-corrected chi connectivity index (χ0v) is 18.2. The zero-order valence-electron chi connectivity index (χ0n) is 17.4. The van der Waals surface area contributed by atoms with E-state index in [-0.39, 0.29) is 16.6 Å². The summed E-state index contributed by atoms with van der Waals surface area (Å²) in [5, 5.41) is 5.36. The van der Waals surface area contributed by atoms with Crippen LogP contribution in [0, 0.1) is 0 Å². The number of carbonyl (C=O) groups is 1. The predicted molar refractivity (Wildman–Crippen MR) is 122 cm³/mol. The molecule has 0 spiro atoms. The second kappa shape index (κ2) is 7.58. The molecule has 0 atom stereocenters. The van der Waals surface area contributed by atoms with Crippen LogP contribution in [-0.2, 0) is 27.7 Å². The lowest BCUT2D eigenvalue weighted by molar-refractivity contribution is -0.115. The van der Waals surface area contributed by atoms with Gasteiger partial charge in [-0.3, -0.25) is 9.78 Å². The van der Waals surface area contributed by atoms with E-state index in [0.717, 1.165) is 27.9 Å². The average Bonchev–Trinajstić information content (AvgIpc) is 3.41. The lowest BCUT2D eigenvalue weighted by atomic mass is 10.0. The van der Waals surface area contributed by atoms with E-state index in [1.54, 1.807) is 17.2 Å². The van der Waals surface area contributed by atoms with Crippen LogP contribution in [0.25, 0.3) is 17.3 Å². The summed E-state index contributed by atoms with van der Waals surface area (Å²) in [7, 11) is -2.60. The average molecular weight is 448 g/mol. The minimum absolute atomic E-state index is 0.123. The third kappa shape index (κ3) is 3.47. The van der Waals surface area contributed by atoms with Crippen molar-refractivity contribution in [1.29, 1.82) is 0 Å². The molecule has 162 valence electrons. The Hall–Kier alpha value is -3.49. The number of amides is 1. The fraction of sp³-hybridized carbons (Fsp3) is 0.167. The summed E-state index contributed by atoms with van der Waals surface area (Å²) in [6, 6.07) is 14.9. The number of aromatic nitrogens is 1. The molecule has 0 saturated carbocycles. The molecule has 3 aromatic rings. The van der Waals surface area contributed by atoms with Crippen LogP contribution >= 0.6 is 0 Å². The molecular formula is C24H21N3O4S. The van der Waals surface area contributed by atoms with Gasteiger partial charge in [0.2, 0.25) is 10.0 Å². The number of sulfonamides is 1. The van der Waals surface area contributed by atoms with E-state index in [2.05, 4.69) is 4.98 Å². The number of benzene rings is 2. The summed E-state index contributed by atoms with van der Waals surface area (Å²) in [5.41, 5.74) is 6.02. The van der Waals surface area contributed by atoms with E-state index in [9.17, 15) is 13.2 Å². The Bertz CT molecular complexity index is 1380. The zero-order chi connectivity index (χ0) is 22.5. The fourth-order valence-corrected chi connectivity index (χ4v) is 5.02. The highest BCUT2D eigenvalue weighted by molar-refractivity contribution is 7.89. The van der Waals surface area contributed by atoms with Crippen molar-refractivity contribution in [2.24, 2.45) is 5.14 Å². The largest absolute Gasteiger partial charge is 0.495 e. The van der Waals surface area contributed by atoms with Crippen LogP contribution in [0.2, 0.25) is 0 Å². The summed E-state index contributed by atoms with van der Waals surface area (Å²) in [6.07, 6.45) is 4.81. The number of hydrogen-bond acceptors (Lipinski definition) is 5. The minimum Gasteiger partial charge on any atom is -0.495 e. The topological polar surface area (TPSA) is 103 Å². The lowest BCUT2D eigenvalue weighted by Gasteiger charge is -2.19. The van der Waals surface area contributed by atoms with Crippen molar-refractivity contribution in [3.8, 4) is 17.0 Å². The second-order valence-corrected chi connectivity index (χ2v) is 9.39. The molecule has 1 aliphatic heterocycles. The van der Waals surface area contributed by atoms with Gasteiger partial charge in [-0.05, 0) is 59.5 Å². The van der Waals surface area contributed by atoms with E-state index in [1.807, 2.05) is 42.5 Å². The van der Waals surface area contributed by atoms with Gasteiger partial charge in [0.25, 0.3) is 5.91 Å². The fourth-order valence-electron chi connectivity index (χ4n) is 4.33. The van der Waals surface area contributed by atoms with Gasteiger partial charge in [-0.1, -0.05) is 18.2 Å². The molecule has 1 amide bonds. The number of nitrogens with two attached hydrogens (primary N) is 1. The van der Waals surface area contributed by atoms with Crippen molar-refractivity contribution in [2.75, 3.05) is 18.6 Å². The van der Waals surface area contributed by atoms with Crippen LogP contribution in [0.4, 0.5) is 5.69 Å². The highest BCUT2D eigenvalue weighted by atomic mass is 32.2. The number of hydrogen-bond donors (Lipinski definition) is 1. The highest BCUT2D eigenvalue weighted by Gasteiger charge is 2.31. The van der Waals surface area contributed by atoms with Crippen molar-refractivity contribution in [3.05, 3.63) is 77.0 Å². The summed E-state index contributed by atoms with van der Waals surface area (Å²) >= 11 is 0. The van der Waals surface area contributed by atoms with Gasteiger partial charge in [0.1, 0.15) is 10.6 Å². The first-order chi connectivity index (χ1) is 15.3. The van der Waals surface area contributed by atoms with Gasteiger partial charge < -0.3 is 9.64 Å². The van der Waals surface area contributed by atoms with E-state index in [0.29, 0.717) is 30.6 Å². The Kier molecular flexibility index (Phi) is 4.83.